The second-order valence-corrected chi connectivity index (χ2v) is 8.93. The first-order valence-electron chi connectivity index (χ1n) is 11.3. The molecule has 1 aromatic heterocycles. The highest BCUT2D eigenvalue weighted by Crippen LogP contribution is 2.29. The standard InChI is InChI=1S/C25H30N4O4S/c1-31-19-7-4-6-18(14-19)15-22-27-25(34-28-22)29-12-10-17(11-13-29)16-26-24(30)23-20(32-2)8-5-9-21(23)33-3/h4-9,14,17H,10-13,15-16H2,1-3H3,(H,26,30). The minimum absolute atomic E-state index is 0.178. The van der Waals surface area contributed by atoms with E-state index in [0.717, 1.165) is 48.2 Å². The van der Waals surface area contributed by atoms with Crippen LogP contribution in [0.4, 0.5) is 5.13 Å². The molecule has 0 saturated carbocycles. The van der Waals surface area contributed by atoms with Crippen LogP contribution in [0.5, 0.6) is 17.2 Å². The number of nitrogens with one attached hydrogen (secondary N) is 1. The van der Waals surface area contributed by atoms with Crippen LogP contribution >= 0.6 is 11.5 Å². The Balaban J connectivity index is 1.28. The van der Waals surface area contributed by atoms with Gasteiger partial charge in [0.15, 0.2) is 0 Å². The molecule has 0 radical (unpaired) electrons. The Morgan fingerprint density at radius 3 is 2.44 bits per heavy atom. The molecule has 9 heteroatoms. The monoisotopic (exact) mass is 482 g/mol. The van der Waals surface area contributed by atoms with Gasteiger partial charge in [0.05, 0.1) is 21.3 Å². The molecular formula is C25H30N4O4S. The van der Waals surface area contributed by atoms with E-state index >= 15 is 0 Å². The molecular weight excluding hydrogens is 452 g/mol. The Morgan fingerprint density at radius 2 is 1.76 bits per heavy atom. The lowest BCUT2D eigenvalue weighted by Crippen LogP contribution is -2.38. The van der Waals surface area contributed by atoms with E-state index in [4.69, 9.17) is 19.2 Å². The van der Waals surface area contributed by atoms with Crippen LogP contribution in [0.1, 0.15) is 34.6 Å². The van der Waals surface area contributed by atoms with Crippen LogP contribution in [0.25, 0.3) is 0 Å². The smallest absolute Gasteiger partial charge is 0.258 e. The molecule has 1 aliphatic rings. The summed E-state index contributed by atoms with van der Waals surface area (Å²) in [6, 6.07) is 13.3. The lowest BCUT2D eigenvalue weighted by molar-refractivity contribution is 0.0938. The number of aromatic nitrogens is 2. The number of rotatable bonds is 9. The number of carbonyl (C=O) groups excluding carboxylic acids is 1. The van der Waals surface area contributed by atoms with E-state index in [2.05, 4.69) is 20.7 Å². The summed E-state index contributed by atoms with van der Waals surface area (Å²) in [6.45, 7) is 2.41. The van der Waals surface area contributed by atoms with Crippen molar-refractivity contribution in [2.24, 2.45) is 5.92 Å². The summed E-state index contributed by atoms with van der Waals surface area (Å²) in [6.07, 6.45) is 2.64. The first-order valence-corrected chi connectivity index (χ1v) is 12.1. The maximum atomic E-state index is 12.8. The largest absolute Gasteiger partial charge is 0.497 e. The van der Waals surface area contributed by atoms with Crippen LogP contribution in [0.2, 0.25) is 0 Å². The molecule has 0 bridgehead atoms. The van der Waals surface area contributed by atoms with Crippen molar-refractivity contribution in [1.82, 2.24) is 14.7 Å². The highest BCUT2D eigenvalue weighted by molar-refractivity contribution is 7.09. The lowest BCUT2D eigenvalue weighted by Gasteiger charge is -2.31. The van der Waals surface area contributed by atoms with Gasteiger partial charge < -0.3 is 24.4 Å². The maximum Gasteiger partial charge on any atom is 0.258 e. The van der Waals surface area contributed by atoms with Crippen LogP contribution < -0.4 is 24.4 Å². The number of hydrogen-bond acceptors (Lipinski definition) is 8. The van der Waals surface area contributed by atoms with Crippen molar-refractivity contribution in [2.45, 2.75) is 19.3 Å². The zero-order chi connectivity index (χ0) is 23.9. The molecule has 3 aromatic rings. The number of anilines is 1. The van der Waals surface area contributed by atoms with Crippen LogP contribution in [-0.2, 0) is 6.42 Å². The third-order valence-electron chi connectivity index (χ3n) is 6.04. The van der Waals surface area contributed by atoms with Crippen LogP contribution in [0.15, 0.2) is 42.5 Å². The fourth-order valence-corrected chi connectivity index (χ4v) is 4.88. The first kappa shape index (κ1) is 23.8. The molecule has 180 valence electrons. The molecule has 0 spiro atoms. The van der Waals surface area contributed by atoms with Gasteiger partial charge in [0.25, 0.3) is 5.91 Å². The highest BCUT2D eigenvalue weighted by atomic mass is 32.1. The molecule has 34 heavy (non-hydrogen) atoms. The number of piperidine rings is 1. The van der Waals surface area contributed by atoms with Crippen molar-refractivity contribution >= 4 is 22.6 Å². The number of hydrogen-bond donors (Lipinski definition) is 1. The third-order valence-corrected chi connectivity index (χ3v) is 6.86. The van der Waals surface area contributed by atoms with Gasteiger partial charge in [-0.1, -0.05) is 18.2 Å². The lowest BCUT2D eigenvalue weighted by atomic mass is 9.97. The van der Waals surface area contributed by atoms with Gasteiger partial charge in [-0.2, -0.15) is 4.37 Å². The van der Waals surface area contributed by atoms with Crippen molar-refractivity contribution in [1.29, 1.82) is 0 Å². The van der Waals surface area contributed by atoms with E-state index in [9.17, 15) is 4.79 Å². The van der Waals surface area contributed by atoms with E-state index in [-0.39, 0.29) is 5.91 Å². The van der Waals surface area contributed by atoms with Crippen molar-refractivity contribution in [3.05, 3.63) is 59.4 Å². The van der Waals surface area contributed by atoms with Crippen LogP contribution in [0.3, 0.4) is 0 Å². The number of ether oxygens (including phenoxy) is 3. The minimum Gasteiger partial charge on any atom is -0.497 e. The zero-order valence-corrected chi connectivity index (χ0v) is 20.6. The van der Waals surface area contributed by atoms with Gasteiger partial charge in [0.1, 0.15) is 28.6 Å². The van der Waals surface area contributed by atoms with Gasteiger partial charge in [-0.15, -0.1) is 0 Å². The number of amides is 1. The van der Waals surface area contributed by atoms with Gasteiger partial charge >= 0.3 is 0 Å². The highest BCUT2D eigenvalue weighted by Gasteiger charge is 2.24. The van der Waals surface area contributed by atoms with Crippen molar-refractivity contribution in [3.8, 4) is 17.2 Å². The molecule has 8 nitrogen and oxygen atoms in total. The van der Waals surface area contributed by atoms with E-state index in [1.54, 1.807) is 39.5 Å². The van der Waals surface area contributed by atoms with E-state index in [1.165, 1.54) is 11.5 Å². The average Bonchev–Trinajstić information content (AvgIpc) is 3.35. The fourth-order valence-electron chi connectivity index (χ4n) is 4.14. The summed E-state index contributed by atoms with van der Waals surface area (Å²) in [5.41, 5.74) is 1.56. The van der Waals surface area contributed by atoms with E-state index in [0.29, 0.717) is 35.9 Å². The maximum absolute atomic E-state index is 12.8. The van der Waals surface area contributed by atoms with Gasteiger partial charge in [0.2, 0.25) is 5.13 Å². The Morgan fingerprint density at radius 1 is 1.06 bits per heavy atom. The molecule has 2 heterocycles. The summed E-state index contributed by atoms with van der Waals surface area (Å²) in [5, 5.41) is 4.02. The molecule has 1 amide bonds. The summed E-state index contributed by atoms with van der Waals surface area (Å²) in [5.74, 6) is 2.91. The van der Waals surface area contributed by atoms with Crippen LogP contribution in [-0.4, -0.2) is 56.2 Å². The number of nitrogens with zero attached hydrogens (tertiary/aromatic N) is 3. The first-order chi connectivity index (χ1) is 16.6. The number of benzene rings is 2. The summed E-state index contributed by atoms with van der Waals surface area (Å²) >= 11 is 1.45. The number of carbonyl (C=O) groups is 1. The number of methoxy groups -OCH3 is 3. The summed E-state index contributed by atoms with van der Waals surface area (Å²) in [4.78, 5) is 19.9. The van der Waals surface area contributed by atoms with Crippen molar-refractivity contribution in [3.63, 3.8) is 0 Å². The summed E-state index contributed by atoms with van der Waals surface area (Å²) in [7, 11) is 4.77. The Kier molecular flexibility index (Phi) is 7.84. The quantitative estimate of drug-likeness (QED) is 0.496. The summed E-state index contributed by atoms with van der Waals surface area (Å²) < 4.78 is 20.6. The second-order valence-electron chi connectivity index (χ2n) is 8.20. The third kappa shape index (κ3) is 5.59. The predicted octanol–water partition coefficient (Wildman–Crippen LogP) is 3.80. The van der Waals surface area contributed by atoms with Gasteiger partial charge in [0, 0.05) is 37.6 Å². The molecule has 1 N–H and O–H groups in total. The Labute approximate surface area is 204 Å². The Hall–Kier alpha value is -3.33. The van der Waals surface area contributed by atoms with Gasteiger partial charge in [-0.25, -0.2) is 4.98 Å². The van der Waals surface area contributed by atoms with E-state index in [1.807, 2.05) is 18.2 Å². The minimum atomic E-state index is -0.178. The second kappa shape index (κ2) is 11.2. The molecule has 1 saturated heterocycles. The van der Waals surface area contributed by atoms with Gasteiger partial charge in [-0.3, -0.25) is 4.79 Å². The van der Waals surface area contributed by atoms with Crippen LogP contribution in [0, 0.1) is 5.92 Å². The average molecular weight is 483 g/mol. The SMILES string of the molecule is COc1cccc(Cc2nsc(N3CCC(CNC(=O)c4c(OC)cccc4OC)CC3)n2)c1. The molecule has 2 aromatic carbocycles. The zero-order valence-electron chi connectivity index (χ0n) is 19.7. The molecule has 0 atom stereocenters. The molecule has 1 fully saturated rings. The molecule has 1 aliphatic heterocycles. The van der Waals surface area contributed by atoms with Crippen molar-refractivity contribution < 1.29 is 19.0 Å². The van der Waals surface area contributed by atoms with Gasteiger partial charge in [-0.05, 0) is 48.6 Å². The fraction of sp³-hybridized carbons (Fsp3) is 0.400. The molecule has 0 unspecified atom stereocenters. The van der Waals surface area contributed by atoms with E-state index < -0.39 is 0 Å². The Bertz CT molecular complexity index is 1090. The molecule has 4 rings (SSSR count). The predicted molar refractivity (Wildman–Crippen MR) is 133 cm³/mol. The van der Waals surface area contributed by atoms with Crippen molar-refractivity contribution in [2.75, 3.05) is 45.9 Å². The normalized spacial score (nSPS) is 14.0. The topological polar surface area (TPSA) is 85.8 Å². The molecule has 0 aliphatic carbocycles.